The van der Waals surface area contributed by atoms with Crippen molar-refractivity contribution in [3.05, 3.63) is 76.4 Å². The zero-order valence-electron chi connectivity index (χ0n) is 16.7. The summed E-state index contributed by atoms with van der Waals surface area (Å²) in [4.78, 5) is 24.5. The number of benzene rings is 2. The summed E-state index contributed by atoms with van der Waals surface area (Å²) in [5.74, 6) is -2.11. The SMILES string of the molecule is CCOC(=O)c1ccc(NC(=O)CN(c2ccccc2F)S(=O)(=O)c2cccs2)c(Cl)c1. The molecule has 0 saturated heterocycles. The van der Waals surface area contributed by atoms with Gasteiger partial charge in [0.2, 0.25) is 5.91 Å². The van der Waals surface area contributed by atoms with E-state index in [-0.39, 0.29) is 32.8 Å². The van der Waals surface area contributed by atoms with Gasteiger partial charge in [0.05, 0.1) is 28.6 Å². The second kappa shape index (κ2) is 10.1. The Morgan fingerprint density at radius 2 is 1.91 bits per heavy atom. The lowest BCUT2D eigenvalue weighted by molar-refractivity contribution is -0.114. The lowest BCUT2D eigenvalue weighted by Gasteiger charge is -2.23. The van der Waals surface area contributed by atoms with E-state index in [9.17, 15) is 22.4 Å². The van der Waals surface area contributed by atoms with Crippen molar-refractivity contribution < 1.29 is 27.1 Å². The van der Waals surface area contributed by atoms with E-state index in [1.807, 2.05) is 0 Å². The van der Waals surface area contributed by atoms with Gasteiger partial charge in [-0.2, -0.15) is 0 Å². The fraction of sp³-hybridized carbons (Fsp3) is 0.143. The Balaban J connectivity index is 1.87. The van der Waals surface area contributed by atoms with E-state index in [1.165, 1.54) is 42.5 Å². The maximum Gasteiger partial charge on any atom is 0.338 e. The Morgan fingerprint density at radius 1 is 1.16 bits per heavy atom. The molecular formula is C21H18ClFN2O5S2. The van der Waals surface area contributed by atoms with E-state index >= 15 is 0 Å². The number of nitrogens with zero attached hydrogens (tertiary/aromatic N) is 1. The third-order valence-electron chi connectivity index (χ3n) is 4.20. The van der Waals surface area contributed by atoms with Crippen LogP contribution in [0.3, 0.4) is 0 Å². The number of hydrogen-bond donors (Lipinski definition) is 1. The number of nitrogens with one attached hydrogen (secondary N) is 1. The molecule has 32 heavy (non-hydrogen) atoms. The van der Waals surface area contributed by atoms with Gasteiger partial charge in [0.15, 0.2) is 0 Å². The number of carbonyl (C=O) groups is 2. The van der Waals surface area contributed by atoms with Gasteiger partial charge in [0.1, 0.15) is 16.6 Å². The van der Waals surface area contributed by atoms with Crippen molar-refractivity contribution in [2.75, 3.05) is 22.8 Å². The summed E-state index contributed by atoms with van der Waals surface area (Å²) in [6, 6.07) is 12.3. The molecule has 0 radical (unpaired) electrons. The predicted molar refractivity (Wildman–Crippen MR) is 121 cm³/mol. The van der Waals surface area contributed by atoms with Crippen molar-refractivity contribution in [2.45, 2.75) is 11.1 Å². The normalized spacial score (nSPS) is 11.1. The first-order chi connectivity index (χ1) is 15.2. The Morgan fingerprint density at radius 3 is 2.53 bits per heavy atom. The van der Waals surface area contributed by atoms with Crippen molar-refractivity contribution in [3.8, 4) is 0 Å². The fourth-order valence-electron chi connectivity index (χ4n) is 2.75. The topological polar surface area (TPSA) is 92.8 Å². The molecule has 0 bridgehead atoms. The van der Waals surface area contributed by atoms with Gasteiger partial charge < -0.3 is 10.1 Å². The number of para-hydroxylation sites is 1. The largest absolute Gasteiger partial charge is 0.462 e. The summed E-state index contributed by atoms with van der Waals surface area (Å²) in [7, 11) is -4.20. The molecule has 1 amide bonds. The molecule has 0 aliphatic rings. The van der Waals surface area contributed by atoms with Crippen LogP contribution >= 0.6 is 22.9 Å². The molecule has 0 aliphatic heterocycles. The minimum absolute atomic E-state index is 0.0367. The van der Waals surface area contributed by atoms with Crippen LogP contribution in [0.5, 0.6) is 0 Å². The number of carbonyl (C=O) groups excluding carboxylic acids is 2. The molecule has 1 N–H and O–H groups in total. The monoisotopic (exact) mass is 496 g/mol. The summed E-state index contributed by atoms with van der Waals surface area (Å²) in [5, 5.41) is 4.12. The number of rotatable bonds is 8. The molecule has 3 aromatic rings. The maximum atomic E-state index is 14.4. The van der Waals surface area contributed by atoms with Crippen molar-refractivity contribution >= 4 is 56.2 Å². The van der Waals surface area contributed by atoms with Gasteiger partial charge in [-0.15, -0.1) is 11.3 Å². The van der Waals surface area contributed by atoms with Gasteiger partial charge in [-0.25, -0.2) is 17.6 Å². The minimum Gasteiger partial charge on any atom is -0.462 e. The molecule has 2 aromatic carbocycles. The van der Waals surface area contributed by atoms with Crippen LogP contribution < -0.4 is 9.62 Å². The lowest BCUT2D eigenvalue weighted by Crippen LogP contribution is -2.38. The molecule has 0 fully saturated rings. The van der Waals surface area contributed by atoms with E-state index in [2.05, 4.69) is 5.32 Å². The molecule has 0 saturated carbocycles. The van der Waals surface area contributed by atoms with Crippen LogP contribution in [0.4, 0.5) is 15.8 Å². The first kappa shape index (κ1) is 23.7. The van der Waals surface area contributed by atoms with Gasteiger partial charge >= 0.3 is 5.97 Å². The summed E-state index contributed by atoms with van der Waals surface area (Å²) in [6.45, 7) is 1.16. The van der Waals surface area contributed by atoms with Crippen LogP contribution in [0.1, 0.15) is 17.3 Å². The molecule has 11 heteroatoms. The number of hydrogen-bond acceptors (Lipinski definition) is 6. The van der Waals surface area contributed by atoms with Crippen LogP contribution in [-0.2, 0) is 19.6 Å². The number of sulfonamides is 1. The van der Waals surface area contributed by atoms with Crippen LogP contribution in [0.2, 0.25) is 5.02 Å². The highest BCUT2D eigenvalue weighted by atomic mass is 35.5. The number of thiophene rings is 1. The van der Waals surface area contributed by atoms with Gasteiger partial charge in [0, 0.05) is 0 Å². The molecule has 1 aromatic heterocycles. The van der Waals surface area contributed by atoms with Crippen LogP contribution in [0, 0.1) is 5.82 Å². The first-order valence-corrected chi connectivity index (χ1v) is 12.0. The van der Waals surface area contributed by atoms with Crippen molar-refractivity contribution in [1.29, 1.82) is 0 Å². The zero-order valence-corrected chi connectivity index (χ0v) is 19.1. The molecule has 0 aliphatic carbocycles. The van der Waals surface area contributed by atoms with Crippen molar-refractivity contribution in [1.82, 2.24) is 0 Å². The number of ether oxygens (including phenoxy) is 1. The smallest absolute Gasteiger partial charge is 0.338 e. The van der Waals surface area contributed by atoms with Gasteiger partial charge in [0.25, 0.3) is 10.0 Å². The Bertz CT molecular complexity index is 1230. The highest BCUT2D eigenvalue weighted by Gasteiger charge is 2.30. The predicted octanol–water partition coefficient (Wildman–Crippen LogP) is 4.55. The van der Waals surface area contributed by atoms with Gasteiger partial charge in [-0.1, -0.05) is 29.8 Å². The molecule has 168 valence electrons. The summed E-state index contributed by atoms with van der Waals surface area (Å²) in [5.41, 5.74) is 0.0923. The lowest BCUT2D eigenvalue weighted by atomic mass is 10.2. The Labute approximate surface area is 193 Å². The third kappa shape index (κ3) is 5.26. The number of esters is 1. The van der Waals surface area contributed by atoms with Crippen LogP contribution in [0.25, 0.3) is 0 Å². The highest BCUT2D eigenvalue weighted by molar-refractivity contribution is 7.94. The average molecular weight is 497 g/mol. The fourth-order valence-corrected chi connectivity index (χ4v) is 5.51. The standard InChI is InChI=1S/C21H18ClFN2O5S2/c1-2-30-21(27)14-9-10-17(15(22)12-14)24-19(26)13-25(18-7-4-3-6-16(18)23)32(28,29)20-8-5-11-31-20/h3-12H,2,13H2,1H3,(H,24,26). The molecule has 7 nitrogen and oxygen atoms in total. The number of halogens is 2. The second-order valence-corrected chi connectivity index (χ2v) is 9.80. The molecule has 1 heterocycles. The third-order valence-corrected chi connectivity index (χ3v) is 7.65. The molecular weight excluding hydrogens is 479 g/mol. The summed E-state index contributed by atoms with van der Waals surface area (Å²) < 4.78 is 46.2. The summed E-state index contributed by atoms with van der Waals surface area (Å²) >= 11 is 7.11. The molecule has 0 unspecified atom stereocenters. The van der Waals surface area contributed by atoms with E-state index in [1.54, 1.807) is 18.4 Å². The van der Waals surface area contributed by atoms with Crippen LogP contribution in [-0.4, -0.2) is 33.4 Å². The maximum absolute atomic E-state index is 14.4. The first-order valence-electron chi connectivity index (χ1n) is 9.31. The quantitative estimate of drug-likeness (QED) is 0.462. The highest BCUT2D eigenvalue weighted by Crippen LogP contribution is 2.29. The van der Waals surface area contributed by atoms with Crippen LogP contribution in [0.15, 0.2) is 64.2 Å². The van der Waals surface area contributed by atoms with E-state index in [0.29, 0.717) is 4.31 Å². The van der Waals surface area contributed by atoms with Crippen molar-refractivity contribution in [3.63, 3.8) is 0 Å². The molecule has 0 spiro atoms. The van der Waals surface area contributed by atoms with Gasteiger partial charge in [-0.05, 0) is 48.7 Å². The van der Waals surface area contributed by atoms with E-state index in [4.69, 9.17) is 16.3 Å². The average Bonchev–Trinajstić information content (AvgIpc) is 3.30. The van der Waals surface area contributed by atoms with E-state index in [0.717, 1.165) is 17.4 Å². The number of anilines is 2. The Hall–Kier alpha value is -2.95. The Kier molecular flexibility index (Phi) is 7.49. The summed E-state index contributed by atoms with van der Waals surface area (Å²) in [6.07, 6.45) is 0. The van der Waals surface area contributed by atoms with Crippen molar-refractivity contribution in [2.24, 2.45) is 0 Å². The second-order valence-electron chi connectivity index (χ2n) is 6.36. The molecule has 0 atom stereocenters. The minimum atomic E-state index is -4.20. The zero-order chi connectivity index (χ0) is 23.3. The van der Waals surface area contributed by atoms with Gasteiger partial charge in [-0.3, -0.25) is 9.10 Å². The molecule has 3 rings (SSSR count). The number of amides is 1. The van der Waals surface area contributed by atoms with E-state index < -0.39 is 34.3 Å².